The molecule has 0 radical (unpaired) electrons. The van der Waals surface area contributed by atoms with E-state index in [0.717, 1.165) is 12.0 Å². The number of benzene rings is 1. The number of thiazole rings is 1. The summed E-state index contributed by atoms with van der Waals surface area (Å²) in [6.07, 6.45) is 4.24. The van der Waals surface area contributed by atoms with Crippen LogP contribution in [0.15, 0.2) is 48.8 Å². The highest BCUT2D eigenvalue weighted by Crippen LogP contribution is 2.33. The van der Waals surface area contributed by atoms with Gasteiger partial charge in [0.25, 0.3) is 5.91 Å². The Kier molecular flexibility index (Phi) is 8.88. The van der Waals surface area contributed by atoms with Gasteiger partial charge in [-0.1, -0.05) is 41.7 Å². The minimum atomic E-state index is -0.0771. The molecule has 1 aromatic carbocycles. The van der Waals surface area contributed by atoms with Crippen LogP contribution in [0.1, 0.15) is 16.1 Å². The largest absolute Gasteiger partial charge is 0.467 e. The van der Waals surface area contributed by atoms with Gasteiger partial charge in [-0.3, -0.25) is 10.1 Å². The second kappa shape index (κ2) is 13.1. The summed E-state index contributed by atoms with van der Waals surface area (Å²) in [5, 5.41) is 6.77. The molecular weight excluding hydrogens is 532 g/mol. The number of nitrogens with zero attached hydrogens (tertiary/aromatic N) is 8. The number of nitrogens with one attached hydrogen (secondary N) is 2. The molecule has 1 fully saturated rings. The number of methoxy groups -OCH3 is 2. The van der Waals surface area contributed by atoms with Crippen molar-refractivity contribution < 1.29 is 14.3 Å². The van der Waals surface area contributed by atoms with Crippen molar-refractivity contribution in [2.45, 2.75) is 6.42 Å². The summed E-state index contributed by atoms with van der Waals surface area (Å²) in [5.74, 6) is 1.21. The van der Waals surface area contributed by atoms with Crippen molar-refractivity contribution in [1.82, 2.24) is 34.8 Å². The number of hydrogen-bond donors (Lipinski definition) is 2. The fourth-order valence-electron chi connectivity index (χ4n) is 4.11. The summed E-state index contributed by atoms with van der Waals surface area (Å²) in [6, 6.07) is 11.6. The van der Waals surface area contributed by atoms with Crippen LogP contribution >= 0.6 is 11.3 Å². The van der Waals surface area contributed by atoms with E-state index < -0.39 is 0 Å². The summed E-state index contributed by atoms with van der Waals surface area (Å²) in [7, 11) is 3.15. The Morgan fingerprint density at radius 2 is 1.70 bits per heavy atom. The van der Waals surface area contributed by atoms with E-state index in [1.54, 1.807) is 25.6 Å². The number of amides is 1. The van der Waals surface area contributed by atoms with E-state index in [0.29, 0.717) is 66.9 Å². The highest BCUT2D eigenvalue weighted by molar-refractivity contribution is 7.18. The van der Waals surface area contributed by atoms with Crippen LogP contribution in [0.3, 0.4) is 0 Å². The molecule has 1 aliphatic rings. The third-order valence-corrected chi connectivity index (χ3v) is 7.05. The molecule has 14 heteroatoms. The average molecular weight is 563 g/mol. The van der Waals surface area contributed by atoms with Gasteiger partial charge in [0, 0.05) is 64.4 Å². The molecular formula is C26H30N10O3S. The number of carbonyl (C=O) groups excluding carboxylic acids is 1. The molecule has 5 rings (SSSR count). The topological polar surface area (TPSA) is 143 Å². The van der Waals surface area contributed by atoms with Crippen molar-refractivity contribution in [3.63, 3.8) is 0 Å². The van der Waals surface area contributed by atoms with Crippen LogP contribution in [0.2, 0.25) is 0 Å². The molecule has 1 aliphatic heterocycles. The van der Waals surface area contributed by atoms with Crippen LogP contribution in [0.4, 0.5) is 23.0 Å². The predicted octanol–water partition coefficient (Wildman–Crippen LogP) is 2.95. The molecule has 4 aromatic rings. The molecule has 3 aromatic heterocycles. The first-order chi connectivity index (χ1) is 19.6. The molecule has 13 nitrogen and oxygen atoms in total. The molecule has 0 unspecified atom stereocenters. The molecule has 1 saturated heterocycles. The van der Waals surface area contributed by atoms with Gasteiger partial charge in [-0.15, -0.1) is 0 Å². The summed E-state index contributed by atoms with van der Waals surface area (Å²) in [5.41, 5.74) is 1.45. The Morgan fingerprint density at radius 1 is 0.950 bits per heavy atom. The molecule has 0 saturated carbocycles. The zero-order valence-electron chi connectivity index (χ0n) is 22.3. The summed E-state index contributed by atoms with van der Waals surface area (Å²) in [4.78, 5) is 44.7. The molecule has 4 heterocycles. The lowest BCUT2D eigenvalue weighted by atomic mass is 10.1. The highest BCUT2D eigenvalue weighted by atomic mass is 32.1. The van der Waals surface area contributed by atoms with Crippen LogP contribution in [0, 0.1) is 0 Å². The number of carbonyl (C=O) groups is 1. The smallest absolute Gasteiger partial charge is 0.322 e. The van der Waals surface area contributed by atoms with Gasteiger partial charge in [-0.2, -0.15) is 15.0 Å². The van der Waals surface area contributed by atoms with E-state index >= 15 is 0 Å². The Labute approximate surface area is 235 Å². The number of anilines is 4. The molecule has 40 heavy (non-hydrogen) atoms. The minimum Gasteiger partial charge on any atom is -0.467 e. The third-order valence-electron chi connectivity index (χ3n) is 6.10. The van der Waals surface area contributed by atoms with Crippen LogP contribution in [-0.4, -0.2) is 94.3 Å². The maximum atomic E-state index is 13.8. The van der Waals surface area contributed by atoms with Crippen molar-refractivity contribution in [1.29, 1.82) is 0 Å². The van der Waals surface area contributed by atoms with E-state index in [4.69, 9.17) is 14.5 Å². The monoisotopic (exact) mass is 562 g/mol. The standard InChI is InChI=1S/C26H30N10O3S/c1-38-17-7-12-27-22-31-23(33-25(32-22)39-2)34-26-30-19(18-8-4-3-5-9-18)20(40-26)21(37)35-13-15-36(16-14-35)24-28-10-6-11-29-24/h3-6,8-11H,7,12-17H2,1-2H3,(H2,27,30,31,32,33,34). The van der Waals surface area contributed by atoms with E-state index in [2.05, 4.69) is 40.5 Å². The van der Waals surface area contributed by atoms with Gasteiger partial charge in [-0.25, -0.2) is 15.0 Å². The zero-order valence-corrected chi connectivity index (χ0v) is 23.1. The molecule has 0 atom stereocenters. The van der Waals surface area contributed by atoms with Gasteiger partial charge in [0.15, 0.2) is 5.13 Å². The number of piperazine rings is 1. The van der Waals surface area contributed by atoms with Crippen molar-refractivity contribution in [3.05, 3.63) is 53.7 Å². The van der Waals surface area contributed by atoms with Gasteiger partial charge in [0.1, 0.15) is 4.88 Å². The first kappa shape index (κ1) is 27.1. The summed E-state index contributed by atoms with van der Waals surface area (Å²) >= 11 is 1.26. The van der Waals surface area contributed by atoms with Crippen LogP contribution in [0.25, 0.3) is 11.3 Å². The lowest BCUT2D eigenvalue weighted by Gasteiger charge is -2.34. The lowest BCUT2D eigenvalue weighted by Crippen LogP contribution is -2.49. The number of aromatic nitrogens is 6. The van der Waals surface area contributed by atoms with Gasteiger partial charge >= 0.3 is 6.01 Å². The van der Waals surface area contributed by atoms with E-state index in [1.807, 2.05) is 35.2 Å². The molecule has 0 bridgehead atoms. The summed E-state index contributed by atoms with van der Waals surface area (Å²) < 4.78 is 10.3. The van der Waals surface area contributed by atoms with E-state index in [1.165, 1.54) is 18.4 Å². The first-order valence-electron chi connectivity index (χ1n) is 12.8. The van der Waals surface area contributed by atoms with Crippen LogP contribution in [0.5, 0.6) is 6.01 Å². The van der Waals surface area contributed by atoms with Crippen LogP contribution < -0.4 is 20.3 Å². The van der Waals surface area contributed by atoms with Gasteiger partial charge in [-0.05, 0) is 12.5 Å². The molecule has 0 aliphatic carbocycles. The zero-order chi connectivity index (χ0) is 27.7. The Hall–Kier alpha value is -4.43. The maximum absolute atomic E-state index is 13.8. The fourth-order valence-corrected chi connectivity index (χ4v) is 5.06. The molecule has 208 valence electrons. The Bertz CT molecular complexity index is 1400. The van der Waals surface area contributed by atoms with Crippen LogP contribution in [-0.2, 0) is 4.74 Å². The van der Waals surface area contributed by atoms with E-state index in [9.17, 15) is 4.79 Å². The van der Waals surface area contributed by atoms with Crippen molar-refractivity contribution in [2.75, 3.05) is 69.1 Å². The SMILES string of the molecule is COCCCNc1nc(Nc2nc(-c3ccccc3)c(C(=O)N3CCN(c4ncccn4)CC3)s2)nc(OC)n1. The van der Waals surface area contributed by atoms with E-state index in [-0.39, 0.29) is 17.9 Å². The second-order valence-electron chi connectivity index (χ2n) is 8.76. The second-order valence-corrected chi connectivity index (χ2v) is 9.76. The average Bonchev–Trinajstić information content (AvgIpc) is 3.43. The summed E-state index contributed by atoms with van der Waals surface area (Å²) in [6.45, 7) is 3.63. The number of hydrogen-bond acceptors (Lipinski definition) is 13. The minimum absolute atomic E-state index is 0.0771. The highest BCUT2D eigenvalue weighted by Gasteiger charge is 2.28. The predicted molar refractivity (Wildman–Crippen MR) is 152 cm³/mol. The normalized spacial score (nSPS) is 13.2. The number of rotatable bonds is 11. The lowest BCUT2D eigenvalue weighted by molar-refractivity contribution is 0.0751. The number of ether oxygens (including phenoxy) is 2. The quantitative estimate of drug-likeness (QED) is 0.259. The van der Waals surface area contributed by atoms with Gasteiger partial charge in [0.2, 0.25) is 17.8 Å². The molecule has 1 amide bonds. The third kappa shape index (κ3) is 6.58. The van der Waals surface area contributed by atoms with Gasteiger partial charge < -0.3 is 24.6 Å². The Balaban J connectivity index is 1.36. The van der Waals surface area contributed by atoms with Crippen molar-refractivity contribution in [3.8, 4) is 17.3 Å². The molecule has 0 spiro atoms. The van der Waals surface area contributed by atoms with Crippen molar-refractivity contribution >= 4 is 40.2 Å². The Morgan fingerprint density at radius 3 is 2.42 bits per heavy atom. The fraction of sp³-hybridized carbons (Fsp3) is 0.346. The van der Waals surface area contributed by atoms with Gasteiger partial charge in [0.05, 0.1) is 12.8 Å². The molecule has 2 N–H and O–H groups in total. The first-order valence-corrected chi connectivity index (χ1v) is 13.6. The van der Waals surface area contributed by atoms with Crippen molar-refractivity contribution in [2.24, 2.45) is 0 Å². The maximum Gasteiger partial charge on any atom is 0.322 e.